The molecule has 0 N–H and O–H groups in total. The lowest BCUT2D eigenvalue weighted by atomic mass is 10.3. The van der Waals surface area contributed by atoms with Crippen LogP contribution in [0, 0.1) is 0 Å². The predicted octanol–water partition coefficient (Wildman–Crippen LogP) is 0.993. The zero-order valence-electron chi connectivity index (χ0n) is 6.86. The van der Waals surface area contributed by atoms with E-state index in [4.69, 9.17) is 9.47 Å². The maximum absolute atomic E-state index is 10.0. The Balaban J connectivity index is 2.29. The molecule has 0 atom stereocenters. The molecule has 0 amide bonds. The van der Waals surface area contributed by atoms with E-state index in [1.807, 2.05) is 0 Å². The van der Waals surface area contributed by atoms with Gasteiger partial charge in [-0.05, 0) is 12.1 Å². The third kappa shape index (κ3) is 1.56. The molecule has 4 nitrogen and oxygen atoms in total. The fourth-order valence-electron chi connectivity index (χ4n) is 1.15. The van der Waals surface area contributed by atoms with Crippen LogP contribution >= 0.6 is 0 Å². The average molecular weight is 180 g/mol. The standard InChI is InChI=1S/C9H8O4/c10-6-13-7-1-2-8-9(5-7)12-4-3-11-8/h1-2,5-6H,3-4H2. The van der Waals surface area contributed by atoms with Crippen LogP contribution < -0.4 is 14.2 Å². The van der Waals surface area contributed by atoms with Crippen molar-refractivity contribution in [2.24, 2.45) is 0 Å². The van der Waals surface area contributed by atoms with E-state index in [2.05, 4.69) is 4.74 Å². The van der Waals surface area contributed by atoms with Crippen molar-refractivity contribution >= 4 is 6.47 Å². The van der Waals surface area contributed by atoms with Gasteiger partial charge in [-0.2, -0.15) is 0 Å². The van der Waals surface area contributed by atoms with E-state index in [9.17, 15) is 4.79 Å². The van der Waals surface area contributed by atoms with Gasteiger partial charge >= 0.3 is 0 Å². The summed E-state index contributed by atoms with van der Waals surface area (Å²) in [7, 11) is 0. The molecule has 1 aliphatic rings. The summed E-state index contributed by atoms with van der Waals surface area (Å²) in [4.78, 5) is 10.0. The molecule has 1 aliphatic heterocycles. The number of hydrogen-bond donors (Lipinski definition) is 0. The van der Waals surface area contributed by atoms with Gasteiger partial charge in [-0.25, -0.2) is 0 Å². The van der Waals surface area contributed by atoms with Crippen molar-refractivity contribution in [2.75, 3.05) is 13.2 Å². The maximum Gasteiger partial charge on any atom is 0.298 e. The highest BCUT2D eigenvalue weighted by Gasteiger charge is 2.11. The molecule has 4 heteroatoms. The van der Waals surface area contributed by atoms with Gasteiger partial charge in [0.1, 0.15) is 19.0 Å². The zero-order chi connectivity index (χ0) is 9.10. The molecule has 0 unspecified atom stereocenters. The highest BCUT2D eigenvalue weighted by molar-refractivity contribution is 5.51. The van der Waals surface area contributed by atoms with Crippen LogP contribution in [-0.2, 0) is 4.79 Å². The van der Waals surface area contributed by atoms with Gasteiger partial charge in [0.2, 0.25) is 0 Å². The summed E-state index contributed by atoms with van der Waals surface area (Å²) < 4.78 is 15.2. The lowest BCUT2D eigenvalue weighted by molar-refractivity contribution is -0.120. The molecule has 0 saturated carbocycles. The molecule has 0 aliphatic carbocycles. The molecule has 0 radical (unpaired) electrons. The molecule has 1 heterocycles. The fraction of sp³-hybridized carbons (Fsp3) is 0.222. The third-order valence-electron chi connectivity index (χ3n) is 1.70. The molecule has 0 bridgehead atoms. The summed E-state index contributed by atoms with van der Waals surface area (Å²) in [6.07, 6.45) is 0. The zero-order valence-corrected chi connectivity index (χ0v) is 6.86. The lowest BCUT2D eigenvalue weighted by Gasteiger charge is -2.18. The van der Waals surface area contributed by atoms with Gasteiger partial charge in [0.15, 0.2) is 11.5 Å². The highest BCUT2D eigenvalue weighted by Crippen LogP contribution is 2.33. The number of benzene rings is 1. The van der Waals surface area contributed by atoms with E-state index < -0.39 is 0 Å². The van der Waals surface area contributed by atoms with Crippen molar-refractivity contribution < 1.29 is 19.0 Å². The molecule has 0 spiro atoms. The van der Waals surface area contributed by atoms with Crippen molar-refractivity contribution in [1.29, 1.82) is 0 Å². The van der Waals surface area contributed by atoms with E-state index in [0.29, 0.717) is 36.9 Å². The fourth-order valence-corrected chi connectivity index (χ4v) is 1.15. The highest BCUT2D eigenvalue weighted by atomic mass is 16.6. The predicted molar refractivity (Wildman–Crippen MR) is 44.1 cm³/mol. The molecule has 0 saturated heterocycles. The Labute approximate surface area is 75.0 Å². The minimum atomic E-state index is 0.380. The van der Waals surface area contributed by atoms with Crippen molar-refractivity contribution in [3.05, 3.63) is 18.2 Å². The summed E-state index contributed by atoms with van der Waals surface area (Å²) >= 11 is 0. The Hall–Kier alpha value is -1.71. The number of fused-ring (bicyclic) bond motifs is 1. The topological polar surface area (TPSA) is 44.8 Å². The minimum Gasteiger partial charge on any atom is -0.486 e. The van der Waals surface area contributed by atoms with Crippen LogP contribution in [0.4, 0.5) is 0 Å². The molecule has 1 aromatic carbocycles. The quantitative estimate of drug-likeness (QED) is 0.637. The first kappa shape index (κ1) is 7.91. The van der Waals surface area contributed by atoms with E-state index in [-0.39, 0.29) is 0 Å². The van der Waals surface area contributed by atoms with Crippen LogP contribution in [0.1, 0.15) is 0 Å². The summed E-state index contributed by atoms with van der Waals surface area (Å²) in [5, 5.41) is 0. The number of hydrogen-bond acceptors (Lipinski definition) is 4. The van der Waals surface area contributed by atoms with Crippen LogP contribution in [0.3, 0.4) is 0 Å². The van der Waals surface area contributed by atoms with Crippen molar-refractivity contribution in [3.8, 4) is 17.2 Å². The first-order chi connectivity index (χ1) is 6.40. The van der Waals surface area contributed by atoms with Crippen molar-refractivity contribution in [1.82, 2.24) is 0 Å². The van der Waals surface area contributed by atoms with Gasteiger partial charge in [0, 0.05) is 6.07 Å². The SMILES string of the molecule is O=COc1ccc2c(c1)OCCO2. The first-order valence-electron chi connectivity index (χ1n) is 3.90. The summed E-state index contributed by atoms with van der Waals surface area (Å²) in [5.74, 6) is 1.76. The Morgan fingerprint density at radius 1 is 1.23 bits per heavy atom. The third-order valence-corrected chi connectivity index (χ3v) is 1.70. The van der Waals surface area contributed by atoms with Gasteiger partial charge in [-0.15, -0.1) is 0 Å². The molecule has 0 fully saturated rings. The van der Waals surface area contributed by atoms with Crippen LogP contribution in [0.5, 0.6) is 17.2 Å². The monoisotopic (exact) mass is 180 g/mol. The van der Waals surface area contributed by atoms with Crippen LogP contribution in [-0.4, -0.2) is 19.7 Å². The minimum absolute atomic E-state index is 0.380. The Morgan fingerprint density at radius 3 is 2.77 bits per heavy atom. The number of carbonyl (C=O) groups excluding carboxylic acids is 1. The van der Waals surface area contributed by atoms with Gasteiger partial charge in [-0.1, -0.05) is 0 Å². The van der Waals surface area contributed by atoms with Gasteiger partial charge in [0.05, 0.1) is 0 Å². The number of carbonyl (C=O) groups is 1. The van der Waals surface area contributed by atoms with E-state index >= 15 is 0 Å². The van der Waals surface area contributed by atoms with E-state index in [1.165, 1.54) is 0 Å². The molecule has 68 valence electrons. The van der Waals surface area contributed by atoms with E-state index in [0.717, 1.165) is 0 Å². The van der Waals surface area contributed by atoms with Gasteiger partial charge < -0.3 is 14.2 Å². The van der Waals surface area contributed by atoms with Gasteiger partial charge in [0.25, 0.3) is 6.47 Å². The Morgan fingerprint density at radius 2 is 2.00 bits per heavy atom. The molecule has 13 heavy (non-hydrogen) atoms. The second kappa shape index (κ2) is 3.35. The molecule has 1 aromatic rings. The largest absolute Gasteiger partial charge is 0.486 e. The van der Waals surface area contributed by atoms with Crippen LogP contribution in [0.25, 0.3) is 0 Å². The van der Waals surface area contributed by atoms with E-state index in [1.54, 1.807) is 18.2 Å². The van der Waals surface area contributed by atoms with Crippen molar-refractivity contribution in [3.63, 3.8) is 0 Å². The maximum atomic E-state index is 10.0. The Bertz CT molecular complexity index is 321. The summed E-state index contributed by atoms with van der Waals surface area (Å²) in [5.41, 5.74) is 0. The molecule has 0 aromatic heterocycles. The molecular formula is C9H8O4. The molecular weight excluding hydrogens is 172 g/mol. The smallest absolute Gasteiger partial charge is 0.298 e. The summed E-state index contributed by atoms with van der Waals surface area (Å²) in [6.45, 7) is 1.46. The second-order valence-corrected chi connectivity index (χ2v) is 2.52. The number of ether oxygens (including phenoxy) is 3. The first-order valence-corrected chi connectivity index (χ1v) is 3.90. The summed E-state index contributed by atoms with van der Waals surface area (Å²) in [6, 6.07) is 5.00. The normalized spacial score (nSPS) is 13.5. The Kier molecular flexibility index (Phi) is 2.04. The van der Waals surface area contributed by atoms with Crippen LogP contribution in [0.15, 0.2) is 18.2 Å². The lowest BCUT2D eigenvalue weighted by Crippen LogP contribution is -2.15. The van der Waals surface area contributed by atoms with Crippen molar-refractivity contribution in [2.45, 2.75) is 0 Å². The number of rotatable bonds is 2. The van der Waals surface area contributed by atoms with Crippen LogP contribution in [0.2, 0.25) is 0 Å². The second-order valence-electron chi connectivity index (χ2n) is 2.52. The average Bonchev–Trinajstić information content (AvgIpc) is 2.18. The van der Waals surface area contributed by atoms with Gasteiger partial charge in [-0.3, -0.25) is 4.79 Å². The molecule has 2 rings (SSSR count).